The summed E-state index contributed by atoms with van der Waals surface area (Å²) in [4.78, 5) is 34.2. The third kappa shape index (κ3) is 6.06. The highest BCUT2D eigenvalue weighted by atomic mass is 127. The number of hydrogen-bond donors (Lipinski definition) is 0. The summed E-state index contributed by atoms with van der Waals surface area (Å²) in [7, 11) is 4.95. The Bertz CT molecular complexity index is 2370. The van der Waals surface area contributed by atoms with Gasteiger partial charge in [0.1, 0.15) is 20.5 Å². The van der Waals surface area contributed by atoms with E-state index in [1.54, 1.807) is 30.5 Å². The molecule has 6 aromatic rings. The van der Waals surface area contributed by atoms with E-state index >= 15 is 0 Å². The van der Waals surface area contributed by atoms with E-state index in [1.807, 2.05) is 45.5 Å². The van der Waals surface area contributed by atoms with Gasteiger partial charge in [-0.05, 0) is 90.4 Å². The van der Waals surface area contributed by atoms with Crippen molar-refractivity contribution in [3.8, 4) is 11.1 Å². The van der Waals surface area contributed by atoms with E-state index in [0.29, 0.717) is 71.2 Å². The SMILES string of the molecule is Cn1c(Cl)nc2c(c(I)nn2C2CCCCO2)c1=O.Cn1nc2ccc(-c3cn(C4CCCCO4)c4nc(Cl)n(C)c(=O)c34)c(Cl)c2c1Cl. The van der Waals surface area contributed by atoms with Gasteiger partial charge in [-0.2, -0.15) is 15.2 Å². The van der Waals surface area contributed by atoms with E-state index in [-0.39, 0.29) is 34.1 Å². The molecule has 2 unspecified atom stereocenters. The predicted octanol–water partition coefficient (Wildman–Crippen LogP) is 7.04. The van der Waals surface area contributed by atoms with Crippen molar-refractivity contribution in [2.24, 2.45) is 21.1 Å². The van der Waals surface area contributed by atoms with Gasteiger partial charge < -0.3 is 14.0 Å². The van der Waals surface area contributed by atoms with Crippen LogP contribution in [0, 0.1) is 3.70 Å². The van der Waals surface area contributed by atoms with Crippen LogP contribution in [0.3, 0.4) is 0 Å². The van der Waals surface area contributed by atoms with Gasteiger partial charge in [-0.1, -0.05) is 29.3 Å². The molecule has 0 N–H and O–H groups in total. The zero-order valence-electron chi connectivity index (χ0n) is 26.6. The van der Waals surface area contributed by atoms with Crippen LogP contribution in [-0.2, 0) is 30.6 Å². The predicted molar refractivity (Wildman–Crippen MR) is 198 cm³/mol. The molecule has 18 heteroatoms. The number of nitrogens with zero attached hydrogens (tertiary/aromatic N) is 9. The number of halogens is 5. The lowest BCUT2D eigenvalue weighted by molar-refractivity contribution is -0.0372. The second-order valence-electron chi connectivity index (χ2n) is 12.0. The summed E-state index contributed by atoms with van der Waals surface area (Å²) >= 11 is 27.5. The summed E-state index contributed by atoms with van der Waals surface area (Å²) in [6.45, 7) is 1.37. The first kappa shape index (κ1) is 34.7. The Kier molecular flexibility index (Phi) is 9.75. The quantitative estimate of drug-likeness (QED) is 0.137. The molecule has 49 heavy (non-hydrogen) atoms. The van der Waals surface area contributed by atoms with Gasteiger partial charge in [-0.3, -0.25) is 23.4 Å². The molecule has 1 aromatic carbocycles. The van der Waals surface area contributed by atoms with Crippen LogP contribution in [0.15, 0.2) is 27.9 Å². The molecule has 2 aliphatic rings. The maximum absolute atomic E-state index is 13.2. The zero-order valence-corrected chi connectivity index (χ0v) is 31.8. The van der Waals surface area contributed by atoms with Gasteiger partial charge in [0.25, 0.3) is 11.1 Å². The van der Waals surface area contributed by atoms with Gasteiger partial charge in [0.05, 0.1) is 21.3 Å². The first-order valence-corrected chi connectivity index (χ1v) is 18.2. The van der Waals surface area contributed by atoms with E-state index in [1.165, 1.54) is 9.13 Å². The molecule has 258 valence electrons. The maximum Gasteiger partial charge on any atom is 0.266 e. The Balaban J connectivity index is 0.000000171. The highest BCUT2D eigenvalue weighted by molar-refractivity contribution is 14.1. The summed E-state index contributed by atoms with van der Waals surface area (Å²) in [5.74, 6) is 0. The number of aryl methyl sites for hydroxylation is 1. The third-order valence-electron chi connectivity index (χ3n) is 8.89. The Labute approximate surface area is 312 Å². The molecule has 2 aliphatic heterocycles. The zero-order chi connectivity index (χ0) is 34.7. The van der Waals surface area contributed by atoms with E-state index in [2.05, 4.69) is 20.2 Å². The molecular weight excluding hydrogens is 831 g/mol. The van der Waals surface area contributed by atoms with Crippen molar-refractivity contribution in [1.82, 2.24) is 43.2 Å². The first-order chi connectivity index (χ1) is 23.5. The first-order valence-electron chi connectivity index (χ1n) is 15.6. The van der Waals surface area contributed by atoms with Gasteiger partial charge >= 0.3 is 0 Å². The van der Waals surface area contributed by atoms with Crippen LogP contribution < -0.4 is 11.1 Å². The summed E-state index contributed by atoms with van der Waals surface area (Å²) in [5, 5.41) is 11.5. The molecule has 2 fully saturated rings. The Hall–Kier alpha value is -2.73. The number of fused-ring (bicyclic) bond motifs is 3. The lowest BCUT2D eigenvalue weighted by Gasteiger charge is -2.24. The van der Waals surface area contributed by atoms with Gasteiger partial charge in [0.15, 0.2) is 17.5 Å². The van der Waals surface area contributed by atoms with E-state index in [9.17, 15) is 9.59 Å². The fourth-order valence-electron chi connectivity index (χ4n) is 6.26. The highest BCUT2D eigenvalue weighted by Crippen LogP contribution is 2.41. The van der Waals surface area contributed by atoms with Crippen LogP contribution in [0.2, 0.25) is 20.7 Å². The molecule has 0 bridgehead atoms. The molecule has 13 nitrogen and oxygen atoms in total. The molecule has 2 saturated heterocycles. The topological polar surface area (TPSA) is 129 Å². The number of hydrogen-bond acceptors (Lipinski definition) is 8. The minimum atomic E-state index is -0.247. The normalized spacial score (nSPS) is 18.4. The molecule has 7 heterocycles. The Morgan fingerprint density at radius 2 is 1.37 bits per heavy atom. The van der Waals surface area contributed by atoms with Crippen LogP contribution in [-0.4, -0.2) is 56.4 Å². The molecule has 8 rings (SSSR count). The standard InChI is InChI=1S/C20H18Cl3N5O2.C11H12ClIN4O2/c1-26-19(29)14-11(10-6-7-12-15(16(10)21)17(22)27(2)25-12)9-28(18(14)24-20(26)23)13-5-3-4-8-30-13;1-16-10(18)7-8(13)15-17(9(7)14-11(16)12)6-4-2-3-5-19-6/h6-7,9,13H,3-5,8H2,1-2H3;6H,2-5H2,1H3. The minimum absolute atomic E-state index is 0.117. The van der Waals surface area contributed by atoms with Crippen molar-refractivity contribution in [2.45, 2.75) is 51.0 Å². The van der Waals surface area contributed by atoms with Crippen molar-refractivity contribution in [1.29, 1.82) is 0 Å². The van der Waals surface area contributed by atoms with Gasteiger partial charge in [-0.15, -0.1) is 0 Å². The summed E-state index contributed by atoms with van der Waals surface area (Å²) < 4.78 is 20.1. The highest BCUT2D eigenvalue weighted by Gasteiger charge is 2.27. The maximum atomic E-state index is 13.2. The second-order valence-corrected chi connectivity index (χ2v) is 14.4. The summed E-state index contributed by atoms with van der Waals surface area (Å²) in [5.41, 5.74) is 2.59. The molecule has 0 spiro atoms. The van der Waals surface area contributed by atoms with Crippen LogP contribution in [0.1, 0.15) is 51.0 Å². The van der Waals surface area contributed by atoms with E-state index in [4.69, 9.17) is 55.9 Å². The smallest absolute Gasteiger partial charge is 0.266 e. The lowest BCUT2D eigenvalue weighted by atomic mass is 10.0. The Morgan fingerprint density at radius 1 is 0.755 bits per heavy atom. The average Bonchev–Trinajstić information content (AvgIpc) is 3.74. The second kappa shape index (κ2) is 13.8. The van der Waals surface area contributed by atoms with Crippen molar-refractivity contribution < 1.29 is 9.47 Å². The molecule has 2 atom stereocenters. The van der Waals surface area contributed by atoms with Gasteiger partial charge in [0, 0.05) is 51.7 Å². The lowest BCUT2D eigenvalue weighted by Crippen LogP contribution is -2.22. The van der Waals surface area contributed by atoms with Gasteiger partial charge in [0.2, 0.25) is 10.6 Å². The van der Waals surface area contributed by atoms with Crippen LogP contribution >= 0.6 is 69.0 Å². The number of aromatic nitrogens is 9. The largest absolute Gasteiger partial charge is 0.358 e. The Morgan fingerprint density at radius 3 is 2.00 bits per heavy atom. The van der Waals surface area contributed by atoms with Crippen LogP contribution in [0.25, 0.3) is 44.1 Å². The van der Waals surface area contributed by atoms with E-state index < -0.39 is 0 Å². The molecule has 5 aromatic heterocycles. The average molecular weight is 861 g/mol. The summed E-state index contributed by atoms with van der Waals surface area (Å²) in [6, 6.07) is 3.69. The number of rotatable bonds is 3. The van der Waals surface area contributed by atoms with Crippen molar-refractivity contribution in [2.75, 3.05) is 13.2 Å². The van der Waals surface area contributed by atoms with E-state index in [0.717, 1.165) is 38.5 Å². The van der Waals surface area contributed by atoms with Crippen molar-refractivity contribution in [3.05, 3.63) is 63.5 Å². The van der Waals surface area contributed by atoms with Crippen molar-refractivity contribution in [3.63, 3.8) is 0 Å². The van der Waals surface area contributed by atoms with Crippen LogP contribution in [0.5, 0.6) is 0 Å². The molecule has 0 radical (unpaired) electrons. The molecule has 0 amide bonds. The van der Waals surface area contributed by atoms with Crippen molar-refractivity contribution >= 4 is 102 Å². The fraction of sp³-hybridized carbons (Fsp3) is 0.419. The fourth-order valence-corrected chi connectivity index (χ4v) is 7.91. The van der Waals surface area contributed by atoms with Gasteiger partial charge in [-0.25, -0.2) is 9.67 Å². The molecule has 0 saturated carbocycles. The molecular formula is C31H30Cl4IN9O4. The molecule has 0 aliphatic carbocycles. The minimum Gasteiger partial charge on any atom is -0.358 e. The third-order valence-corrected chi connectivity index (χ3v) is 11.1. The number of benzene rings is 1. The van der Waals surface area contributed by atoms with Crippen LogP contribution in [0.4, 0.5) is 0 Å². The summed E-state index contributed by atoms with van der Waals surface area (Å²) in [6.07, 6.45) is 7.41. The number of ether oxygens (including phenoxy) is 2. The monoisotopic (exact) mass is 859 g/mol.